The summed E-state index contributed by atoms with van der Waals surface area (Å²) in [5.41, 5.74) is 1.74. The smallest absolute Gasteiger partial charge is 0.363 e. The Labute approximate surface area is 237 Å². The minimum atomic E-state index is -4.18. The van der Waals surface area contributed by atoms with E-state index in [9.17, 15) is 22.4 Å². The van der Waals surface area contributed by atoms with Gasteiger partial charge in [-0.15, -0.1) is 0 Å². The van der Waals surface area contributed by atoms with Gasteiger partial charge in [-0.1, -0.05) is 38.4 Å². The van der Waals surface area contributed by atoms with Crippen LogP contribution in [-0.4, -0.2) is 55.5 Å². The number of amides is 3. The Balaban J connectivity index is 1.61. The maximum atomic E-state index is 14.2. The zero-order chi connectivity index (χ0) is 29.6. The highest BCUT2D eigenvalue weighted by molar-refractivity contribution is 7.85. The summed E-state index contributed by atoms with van der Waals surface area (Å²) in [6.07, 6.45) is 0.769. The number of hydrogen-bond donors (Lipinski definition) is 2. The summed E-state index contributed by atoms with van der Waals surface area (Å²) in [6.45, 7) is 10.0. The van der Waals surface area contributed by atoms with Crippen molar-refractivity contribution >= 4 is 44.9 Å². The molecule has 0 saturated carbocycles. The van der Waals surface area contributed by atoms with Gasteiger partial charge in [-0.3, -0.25) is 8.98 Å². The number of pyridine rings is 1. The van der Waals surface area contributed by atoms with Crippen LogP contribution in [0.15, 0.2) is 34.7 Å². The second-order valence-corrected chi connectivity index (χ2v) is 13.3. The van der Waals surface area contributed by atoms with E-state index >= 15 is 0 Å². The molecular formula is C27H32ClFN4O6S. The first kappa shape index (κ1) is 29.8. The van der Waals surface area contributed by atoms with E-state index in [2.05, 4.69) is 14.5 Å². The van der Waals surface area contributed by atoms with Crippen molar-refractivity contribution in [3.63, 3.8) is 0 Å². The minimum absolute atomic E-state index is 0.0132. The monoisotopic (exact) mass is 594 g/mol. The van der Waals surface area contributed by atoms with E-state index < -0.39 is 27.7 Å². The van der Waals surface area contributed by atoms with E-state index in [1.54, 1.807) is 21.8 Å². The number of benzene rings is 1. The van der Waals surface area contributed by atoms with Crippen molar-refractivity contribution in [3.8, 4) is 11.3 Å². The van der Waals surface area contributed by atoms with Crippen LogP contribution in [0.2, 0.25) is 5.02 Å². The number of carbonyl (C=O) groups excluding carboxylic acids is 2. The molecule has 13 heteroatoms. The highest BCUT2D eigenvalue weighted by Crippen LogP contribution is 2.36. The molecule has 1 saturated heterocycles. The number of halogens is 2. The topological polar surface area (TPSA) is 131 Å². The van der Waals surface area contributed by atoms with Crippen molar-refractivity contribution in [2.24, 2.45) is 0 Å². The van der Waals surface area contributed by atoms with Gasteiger partial charge in [0.05, 0.1) is 17.8 Å². The van der Waals surface area contributed by atoms with E-state index in [0.717, 1.165) is 12.7 Å². The third-order valence-corrected chi connectivity index (χ3v) is 8.09. The van der Waals surface area contributed by atoms with Gasteiger partial charge in [-0.2, -0.15) is 8.42 Å². The van der Waals surface area contributed by atoms with E-state index in [1.165, 1.54) is 12.1 Å². The van der Waals surface area contributed by atoms with Crippen LogP contribution in [0.25, 0.3) is 22.4 Å². The van der Waals surface area contributed by atoms with Crippen LogP contribution < -0.4 is 10.0 Å². The standard InChI is InChI=1S/C27H32ClFN4O6S/c1-26(2,3)17-12-20(15-7-8-18(28)19(29)11-15)31-21-13-22(39-23(17)21)24(34)33-10-9-16(14-27(33,4)5)30-25(35)32-40(36,37)38-6/h7-8,11-13,16H,9-10,14H2,1-6H3,(H2,30,32,35). The lowest BCUT2D eigenvalue weighted by molar-refractivity contribution is 0.0352. The van der Waals surface area contributed by atoms with Gasteiger partial charge in [0.15, 0.2) is 11.3 Å². The van der Waals surface area contributed by atoms with Gasteiger partial charge in [0.25, 0.3) is 5.91 Å². The quantitative estimate of drug-likeness (QED) is 0.417. The number of nitrogens with zero attached hydrogens (tertiary/aromatic N) is 2. The Morgan fingerprint density at radius 1 is 1.23 bits per heavy atom. The van der Waals surface area contributed by atoms with Crippen molar-refractivity contribution in [1.29, 1.82) is 0 Å². The lowest BCUT2D eigenvalue weighted by Crippen LogP contribution is -2.58. The molecule has 3 amide bonds. The molecule has 40 heavy (non-hydrogen) atoms. The number of hydrogen-bond acceptors (Lipinski definition) is 7. The number of aromatic nitrogens is 1. The molecule has 1 aliphatic rings. The summed E-state index contributed by atoms with van der Waals surface area (Å²) >= 11 is 5.86. The van der Waals surface area contributed by atoms with Gasteiger partial charge in [-0.25, -0.2) is 18.9 Å². The fourth-order valence-corrected chi connectivity index (χ4v) is 5.38. The van der Waals surface area contributed by atoms with E-state index in [0.29, 0.717) is 41.7 Å². The van der Waals surface area contributed by atoms with Crippen LogP contribution >= 0.6 is 11.6 Å². The predicted octanol–water partition coefficient (Wildman–Crippen LogP) is 5.16. The number of piperidine rings is 1. The third kappa shape index (κ3) is 6.24. The largest absolute Gasteiger partial charge is 0.449 e. The number of rotatable bonds is 5. The summed E-state index contributed by atoms with van der Waals surface area (Å²) in [7, 11) is -3.24. The Morgan fingerprint density at radius 3 is 2.52 bits per heavy atom. The first-order chi connectivity index (χ1) is 18.5. The maximum Gasteiger partial charge on any atom is 0.363 e. The van der Waals surface area contributed by atoms with Crippen LogP contribution in [0.1, 0.15) is 63.6 Å². The zero-order valence-corrected chi connectivity index (χ0v) is 24.7. The minimum Gasteiger partial charge on any atom is -0.449 e. The molecule has 0 spiro atoms. The normalized spacial score (nSPS) is 17.6. The van der Waals surface area contributed by atoms with Crippen LogP contribution in [0.5, 0.6) is 0 Å². The predicted molar refractivity (Wildman–Crippen MR) is 149 cm³/mol. The van der Waals surface area contributed by atoms with Crippen LogP contribution in [-0.2, 0) is 19.9 Å². The molecule has 10 nitrogen and oxygen atoms in total. The molecule has 2 aromatic heterocycles. The van der Waals surface area contributed by atoms with Gasteiger partial charge in [0, 0.05) is 35.3 Å². The molecule has 3 aromatic rings. The van der Waals surface area contributed by atoms with Crippen LogP contribution in [0.4, 0.5) is 9.18 Å². The zero-order valence-electron chi connectivity index (χ0n) is 23.1. The second kappa shape index (κ2) is 10.6. The molecule has 216 valence electrons. The number of fused-ring (bicyclic) bond motifs is 1. The first-order valence-electron chi connectivity index (χ1n) is 12.6. The van der Waals surface area contributed by atoms with Gasteiger partial charge in [0.2, 0.25) is 0 Å². The van der Waals surface area contributed by atoms with Crippen LogP contribution in [0, 0.1) is 5.82 Å². The number of likely N-dealkylation sites (tertiary alicyclic amines) is 1. The molecule has 0 bridgehead atoms. The summed E-state index contributed by atoms with van der Waals surface area (Å²) < 4.78 is 49.3. The number of urea groups is 1. The first-order valence-corrected chi connectivity index (χ1v) is 14.4. The van der Waals surface area contributed by atoms with Crippen molar-refractivity contribution in [2.45, 2.75) is 64.5 Å². The molecule has 0 aliphatic carbocycles. The molecule has 1 aromatic carbocycles. The Bertz CT molecular complexity index is 1580. The van der Waals surface area contributed by atoms with Crippen molar-refractivity contribution in [3.05, 3.63) is 52.5 Å². The summed E-state index contributed by atoms with van der Waals surface area (Å²) in [6, 6.07) is 6.62. The molecule has 1 unspecified atom stereocenters. The fraction of sp³-hybridized carbons (Fsp3) is 0.444. The average molecular weight is 595 g/mol. The van der Waals surface area contributed by atoms with Crippen molar-refractivity contribution in [2.75, 3.05) is 13.7 Å². The number of carbonyl (C=O) groups is 2. The average Bonchev–Trinajstić information content (AvgIpc) is 3.27. The molecule has 4 rings (SSSR count). The second-order valence-electron chi connectivity index (χ2n) is 11.4. The molecular weight excluding hydrogens is 563 g/mol. The lowest BCUT2D eigenvalue weighted by atomic mass is 9.86. The molecule has 0 radical (unpaired) electrons. The molecule has 1 fully saturated rings. The summed E-state index contributed by atoms with van der Waals surface area (Å²) in [4.78, 5) is 32.1. The maximum absolute atomic E-state index is 14.2. The highest BCUT2D eigenvalue weighted by atomic mass is 35.5. The third-order valence-electron chi connectivity index (χ3n) is 6.91. The highest BCUT2D eigenvalue weighted by Gasteiger charge is 2.40. The summed E-state index contributed by atoms with van der Waals surface area (Å²) in [5, 5.41) is 2.64. The van der Waals surface area contributed by atoms with Gasteiger partial charge in [-0.05, 0) is 50.3 Å². The molecule has 3 heterocycles. The molecule has 2 N–H and O–H groups in total. The molecule has 1 aliphatic heterocycles. The summed E-state index contributed by atoms with van der Waals surface area (Å²) in [5.74, 6) is -0.790. The van der Waals surface area contributed by atoms with Gasteiger partial charge >= 0.3 is 16.3 Å². The Morgan fingerprint density at radius 2 is 1.93 bits per heavy atom. The van der Waals surface area contributed by atoms with Gasteiger partial charge < -0.3 is 14.6 Å². The Hall–Kier alpha value is -3.22. The van der Waals surface area contributed by atoms with Crippen LogP contribution in [0.3, 0.4) is 0 Å². The SMILES string of the molecule is COS(=O)(=O)NC(=O)NC1CCN(C(=O)c2cc3nc(-c4ccc(Cl)c(F)c4)cc(C(C)(C)C)c3o2)C(C)(C)C1. The fourth-order valence-electron chi connectivity index (χ4n) is 4.89. The van der Waals surface area contributed by atoms with Crippen molar-refractivity contribution < 1.29 is 31.0 Å². The van der Waals surface area contributed by atoms with E-state index in [1.807, 2.05) is 40.7 Å². The van der Waals surface area contributed by atoms with Crippen molar-refractivity contribution in [1.82, 2.24) is 19.9 Å². The molecule has 1 atom stereocenters. The number of furan rings is 1. The van der Waals surface area contributed by atoms with Gasteiger partial charge in [0.1, 0.15) is 11.3 Å². The van der Waals surface area contributed by atoms with E-state index in [-0.39, 0.29) is 28.1 Å². The number of nitrogens with one attached hydrogen (secondary N) is 2. The van der Waals surface area contributed by atoms with E-state index in [4.69, 9.17) is 16.0 Å². The lowest BCUT2D eigenvalue weighted by Gasteiger charge is -2.45. The Kier molecular flexibility index (Phi) is 7.91.